The second kappa shape index (κ2) is 6.85. The second-order valence-electron chi connectivity index (χ2n) is 5.21. The Hall–Kier alpha value is -1.78. The summed E-state index contributed by atoms with van der Waals surface area (Å²) in [6.07, 6.45) is -10.0. The highest BCUT2D eigenvalue weighted by Gasteiger charge is 2.37. The molecular formula is C16H10F6INO. The number of amides is 1. The molecule has 0 aliphatic rings. The van der Waals surface area contributed by atoms with Crippen molar-refractivity contribution in [2.75, 3.05) is 5.32 Å². The van der Waals surface area contributed by atoms with E-state index in [0.717, 1.165) is 3.57 Å². The van der Waals surface area contributed by atoms with Crippen molar-refractivity contribution < 1.29 is 31.1 Å². The molecule has 0 saturated carbocycles. The summed E-state index contributed by atoms with van der Waals surface area (Å²) in [7, 11) is 0. The fraction of sp³-hybridized carbons (Fsp3) is 0.188. The smallest absolute Gasteiger partial charge is 0.322 e. The Bertz CT molecular complexity index is 781. The molecule has 0 unspecified atom stereocenters. The molecule has 0 bridgehead atoms. The Morgan fingerprint density at radius 1 is 0.920 bits per heavy atom. The maximum atomic E-state index is 12.8. The maximum absolute atomic E-state index is 12.8. The minimum Gasteiger partial charge on any atom is -0.322 e. The number of benzene rings is 2. The number of rotatable bonds is 2. The molecule has 0 fully saturated rings. The summed E-state index contributed by atoms with van der Waals surface area (Å²) in [5.74, 6) is -1.05. The predicted octanol–water partition coefficient (Wildman–Crippen LogP) is 5.89. The van der Waals surface area contributed by atoms with Crippen molar-refractivity contribution in [3.63, 3.8) is 0 Å². The number of halogens is 7. The highest BCUT2D eigenvalue weighted by atomic mass is 127. The van der Waals surface area contributed by atoms with Gasteiger partial charge in [-0.2, -0.15) is 26.3 Å². The molecule has 1 amide bonds. The molecule has 25 heavy (non-hydrogen) atoms. The van der Waals surface area contributed by atoms with E-state index >= 15 is 0 Å². The van der Waals surface area contributed by atoms with Gasteiger partial charge in [0.15, 0.2) is 0 Å². The highest BCUT2D eigenvalue weighted by Crippen LogP contribution is 2.36. The van der Waals surface area contributed by atoms with Crippen molar-refractivity contribution in [2.45, 2.75) is 19.3 Å². The quantitative estimate of drug-likeness (QED) is 0.428. The van der Waals surface area contributed by atoms with Crippen LogP contribution in [0.15, 0.2) is 36.4 Å². The molecule has 2 aromatic rings. The Morgan fingerprint density at radius 2 is 1.44 bits per heavy atom. The predicted molar refractivity (Wildman–Crippen MR) is 88.3 cm³/mol. The summed E-state index contributed by atoms with van der Waals surface area (Å²) in [6, 6.07) is 5.65. The average Bonchev–Trinajstić information content (AvgIpc) is 2.47. The largest absolute Gasteiger partial charge is 0.416 e. The number of nitrogens with one attached hydrogen (secondary N) is 1. The fourth-order valence-corrected chi connectivity index (χ4v) is 2.69. The molecular weight excluding hydrogens is 463 g/mol. The molecule has 2 rings (SSSR count). The van der Waals surface area contributed by atoms with Gasteiger partial charge in [-0.3, -0.25) is 4.79 Å². The van der Waals surface area contributed by atoms with Gasteiger partial charge in [0.1, 0.15) is 0 Å². The summed E-state index contributed by atoms with van der Waals surface area (Å²) in [5.41, 5.74) is -2.86. The van der Waals surface area contributed by atoms with Crippen LogP contribution in [0.3, 0.4) is 0 Å². The first-order valence-electron chi connectivity index (χ1n) is 6.75. The molecule has 0 spiro atoms. The van der Waals surface area contributed by atoms with Crippen LogP contribution in [-0.4, -0.2) is 5.91 Å². The Morgan fingerprint density at radius 3 is 1.88 bits per heavy atom. The van der Waals surface area contributed by atoms with E-state index in [1.807, 2.05) is 22.6 Å². The number of carbonyl (C=O) groups is 1. The third-order valence-corrected chi connectivity index (χ3v) is 3.96. The SMILES string of the molecule is Cc1cc(I)ccc1NC(=O)c1cc(C(F)(F)F)cc(C(F)(F)F)c1. The molecule has 0 saturated heterocycles. The van der Waals surface area contributed by atoms with E-state index < -0.39 is 35.0 Å². The fourth-order valence-electron chi connectivity index (χ4n) is 2.05. The summed E-state index contributed by atoms with van der Waals surface area (Å²) < 4.78 is 77.9. The van der Waals surface area contributed by atoms with Crippen molar-refractivity contribution in [1.29, 1.82) is 0 Å². The molecule has 134 valence electrons. The zero-order valence-electron chi connectivity index (χ0n) is 12.5. The standard InChI is InChI=1S/C16H10F6INO/c1-8-4-12(23)2-3-13(8)24-14(25)9-5-10(15(17,18)19)7-11(6-9)16(20,21)22/h2-7H,1H3,(H,24,25). The number of hydrogen-bond donors (Lipinski definition) is 1. The van der Waals surface area contributed by atoms with Crippen LogP contribution in [0.2, 0.25) is 0 Å². The lowest BCUT2D eigenvalue weighted by molar-refractivity contribution is -0.143. The van der Waals surface area contributed by atoms with Gasteiger partial charge in [0, 0.05) is 14.8 Å². The van der Waals surface area contributed by atoms with Gasteiger partial charge >= 0.3 is 12.4 Å². The van der Waals surface area contributed by atoms with Crippen molar-refractivity contribution in [1.82, 2.24) is 0 Å². The van der Waals surface area contributed by atoms with Crippen LogP contribution in [0, 0.1) is 10.5 Å². The van der Waals surface area contributed by atoms with Gasteiger partial charge in [0.25, 0.3) is 5.91 Å². The third-order valence-electron chi connectivity index (χ3n) is 3.29. The maximum Gasteiger partial charge on any atom is 0.416 e. The lowest BCUT2D eigenvalue weighted by Crippen LogP contribution is -2.17. The van der Waals surface area contributed by atoms with Crippen LogP contribution in [0.4, 0.5) is 32.0 Å². The normalized spacial score (nSPS) is 12.2. The van der Waals surface area contributed by atoms with E-state index in [4.69, 9.17) is 0 Å². The average molecular weight is 473 g/mol. The zero-order chi connectivity index (χ0) is 19.0. The van der Waals surface area contributed by atoms with Gasteiger partial charge in [0.2, 0.25) is 0 Å². The molecule has 0 aliphatic heterocycles. The van der Waals surface area contributed by atoms with Crippen LogP contribution >= 0.6 is 22.6 Å². The van der Waals surface area contributed by atoms with E-state index in [1.54, 1.807) is 19.1 Å². The molecule has 0 aliphatic carbocycles. The first kappa shape index (κ1) is 19.5. The van der Waals surface area contributed by atoms with Gasteiger partial charge in [-0.15, -0.1) is 0 Å². The zero-order valence-corrected chi connectivity index (χ0v) is 14.7. The van der Waals surface area contributed by atoms with Crippen molar-refractivity contribution >= 4 is 34.2 Å². The molecule has 1 N–H and O–H groups in total. The molecule has 2 aromatic carbocycles. The van der Waals surface area contributed by atoms with Crippen LogP contribution < -0.4 is 5.32 Å². The summed E-state index contributed by atoms with van der Waals surface area (Å²) in [5, 5.41) is 2.33. The minimum atomic E-state index is -5.00. The Kier molecular flexibility index (Phi) is 5.35. The summed E-state index contributed by atoms with van der Waals surface area (Å²) in [4.78, 5) is 12.2. The summed E-state index contributed by atoms with van der Waals surface area (Å²) in [6.45, 7) is 1.66. The topological polar surface area (TPSA) is 29.1 Å². The lowest BCUT2D eigenvalue weighted by atomic mass is 10.0. The Labute approximate surface area is 152 Å². The molecule has 0 heterocycles. The second-order valence-corrected chi connectivity index (χ2v) is 6.45. The van der Waals surface area contributed by atoms with Gasteiger partial charge in [-0.1, -0.05) is 0 Å². The van der Waals surface area contributed by atoms with E-state index in [1.165, 1.54) is 6.07 Å². The monoisotopic (exact) mass is 473 g/mol. The number of aryl methyl sites for hydroxylation is 1. The van der Waals surface area contributed by atoms with E-state index in [9.17, 15) is 31.1 Å². The molecule has 0 atom stereocenters. The van der Waals surface area contributed by atoms with Crippen LogP contribution in [0.5, 0.6) is 0 Å². The molecule has 0 aromatic heterocycles. The first-order chi connectivity index (χ1) is 11.4. The van der Waals surface area contributed by atoms with Crippen molar-refractivity contribution in [2.24, 2.45) is 0 Å². The van der Waals surface area contributed by atoms with E-state index in [2.05, 4.69) is 5.32 Å². The van der Waals surface area contributed by atoms with Crippen LogP contribution in [0.1, 0.15) is 27.0 Å². The third kappa shape index (κ3) is 4.86. The minimum absolute atomic E-state index is 0.0209. The van der Waals surface area contributed by atoms with Gasteiger partial charge < -0.3 is 5.32 Å². The van der Waals surface area contributed by atoms with Crippen LogP contribution in [-0.2, 0) is 12.4 Å². The highest BCUT2D eigenvalue weighted by molar-refractivity contribution is 14.1. The van der Waals surface area contributed by atoms with Crippen LogP contribution in [0.25, 0.3) is 0 Å². The number of hydrogen-bond acceptors (Lipinski definition) is 1. The van der Waals surface area contributed by atoms with Gasteiger partial charge in [-0.05, 0) is 71.5 Å². The Balaban J connectivity index is 2.44. The molecule has 0 radical (unpaired) electrons. The van der Waals surface area contributed by atoms with E-state index in [-0.39, 0.29) is 6.07 Å². The number of carbonyl (C=O) groups excluding carboxylic acids is 1. The van der Waals surface area contributed by atoms with E-state index in [0.29, 0.717) is 23.4 Å². The van der Waals surface area contributed by atoms with Gasteiger partial charge in [0.05, 0.1) is 11.1 Å². The summed E-state index contributed by atoms with van der Waals surface area (Å²) >= 11 is 2.03. The van der Waals surface area contributed by atoms with Crippen molar-refractivity contribution in [3.8, 4) is 0 Å². The lowest BCUT2D eigenvalue weighted by Gasteiger charge is -2.15. The van der Waals surface area contributed by atoms with Gasteiger partial charge in [-0.25, -0.2) is 0 Å². The first-order valence-corrected chi connectivity index (χ1v) is 7.83. The molecule has 2 nitrogen and oxygen atoms in total. The number of alkyl halides is 6. The number of anilines is 1. The molecule has 9 heteroatoms. The van der Waals surface area contributed by atoms with Crippen molar-refractivity contribution in [3.05, 3.63) is 62.2 Å².